The number of hydrogen-bond donors (Lipinski definition) is 2. The fourth-order valence-electron chi connectivity index (χ4n) is 2.23. The van der Waals surface area contributed by atoms with E-state index in [1.165, 1.54) is 0 Å². The Balaban J connectivity index is 0.00000242. The zero-order valence-corrected chi connectivity index (χ0v) is 14.3. The van der Waals surface area contributed by atoms with Crippen molar-refractivity contribution >= 4 is 41.7 Å². The molecule has 0 unspecified atom stereocenters. The number of hydrogen-bond acceptors (Lipinski definition) is 4. The van der Waals surface area contributed by atoms with Gasteiger partial charge in [-0.15, -0.1) is 12.4 Å². The maximum atomic E-state index is 12.4. The van der Waals surface area contributed by atoms with Gasteiger partial charge in [-0.2, -0.15) is 11.8 Å². The Kier molecular flexibility index (Phi) is 7.72. The van der Waals surface area contributed by atoms with Crippen LogP contribution in [0.15, 0.2) is 18.2 Å². The minimum atomic E-state index is -0.104. The van der Waals surface area contributed by atoms with E-state index in [2.05, 4.69) is 5.32 Å². The van der Waals surface area contributed by atoms with Crippen molar-refractivity contribution in [1.29, 1.82) is 0 Å². The zero-order chi connectivity index (χ0) is 15.2. The summed E-state index contributed by atoms with van der Waals surface area (Å²) >= 11 is 1.88. The summed E-state index contributed by atoms with van der Waals surface area (Å²) < 4.78 is 0. The molecule has 0 bridgehead atoms. The lowest BCUT2D eigenvalue weighted by atomic mass is 10.1. The summed E-state index contributed by atoms with van der Waals surface area (Å²) in [6.07, 6.45) is 0.297. The van der Waals surface area contributed by atoms with Gasteiger partial charge >= 0.3 is 0 Å². The molecule has 2 amide bonds. The quantitative estimate of drug-likeness (QED) is 0.875. The topological polar surface area (TPSA) is 75.4 Å². The number of amides is 2. The fourth-order valence-corrected chi connectivity index (χ4v) is 3.13. The zero-order valence-electron chi connectivity index (χ0n) is 12.6. The van der Waals surface area contributed by atoms with Crippen LogP contribution in [-0.4, -0.2) is 47.9 Å². The fraction of sp³-hybridized carbons (Fsp3) is 0.467. The van der Waals surface area contributed by atoms with Gasteiger partial charge in [-0.25, -0.2) is 0 Å². The van der Waals surface area contributed by atoms with Gasteiger partial charge in [0.2, 0.25) is 5.91 Å². The van der Waals surface area contributed by atoms with E-state index in [0.29, 0.717) is 18.5 Å². The number of halogens is 1. The minimum absolute atomic E-state index is 0. The average Bonchev–Trinajstić information content (AvgIpc) is 2.50. The minimum Gasteiger partial charge on any atom is -0.337 e. The van der Waals surface area contributed by atoms with Crippen molar-refractivity contribution in [2.45, 2.75) is 13.3 Å². The summed E-state index contributed by atoms with van der Waals surface area (Å²) in [6, 6.07) is 5.40. The number of nitrogens with one attached hydrogen (secondary N) is 1. The summed E-state index contributed by atoms with van der Waals surface area (Å²) in [5.41, 5.74) is 7.65. The Morgan fingerprint density at radius 1 is 1.32 bits per heavy atom. The van der Waals surface area contributed by atoms with E-state index in [9.17, 15) is 9.59 Å². The molecule has 3 N–H and O–H groups in total. The van der Waals surface area contributed by atoms with Crippen molar-refractivity contribution < 1.29 is 9.59 Å². The van der Waals surface area contributed by atoms with Crippen LogP contribution in [-0.2, 0) is 4.79 Å². The van der Waals surface area contributed by atoms with Gasteiger partial charge in [0, 0.05) is 48.8 Å². The smallest absolute Gasteiger partial charge is 0.253 e. The molecule has 1 aliphatic heterocycles. The summed E-state index contributed by atoms with van der Waals surface area (Å²) in [5.74, 6) is 1.96. The Morgan fingerprint density at radius 3 is 2.59 bits per heavy atom. The third-order valence-corrected chi connectivity index (χ3v) is 4.36. The van der Waals surface area contributed by atoms with Crippen LogP contribution in [0.25, 0.3) is 0 Å². The van der Waals surface area contributed by atoms with Crippen LogP contribution in [0.2, 0.25) is 0 Å². The highest BCUT2D eigenvalue weighted by Gasteiger charge is 2.19. The molecule has 0 radical (unpaired) electrons. The van der Waals surface area contributed by atoms with E-state index in [1.54, 1.807) is 12.1 Å². The highest BCUT2D eigenvalue weighted by Crippen LogP contribution is 2.19. The van der Waals surface area contributed by atoms with Gasteiger partial charge in [0.15, 0.2) is 0 Å². The van der Waals surface area contributed by atoms with Gasteiger partial charge in [-0.3, -0.25) is 9.59 Å². The lowest BCUT2D eigenvalue weighted by molar-refractivity contribution is -0.116. The Hall–Kier alpha value is -1.24. The van der Waals surface area contributed by atoms with Crippen LogP contribution in [0, 0.1) is 6.92 Å². The summed E-state index contributed by atoms with van der Waals surface area (Å²) in [4.78, 5) is 25.8. The van der Waals surface area contributed by atoms with E-state index in [0.717, 1.165) is 35.8 Å². The third-order valence-electron chi connectivity index (χ3n) is 3.42. The molecule has 1 aromatic carbocycles. The molecule has 0 aliphatic carbocycles. The first-order chi connectivity index (χ1) is 10.1. The molecule has 1 heterocycles. The number of rotatable bonds is 4. The monoisotopic (exact) mass is 343 g/mol. The van der Waals surface area contributed by atoms with Crippen LogP contribution in [0.3, 0.4) is 0 Å². The lowest BCUT2D eigenvalue weighted by Gasteiger charge is -2.26. The Labute approximate surface area is 141 Å². The first-order valence-corrected chi connectivity index (χ1v) is 8.25. The van der Waals surface area contributed by atoms with Crippen molar-refractivity contribution in [3.05, 3.63) is 29.3 Å². The van der Waals surface area contributed by atoms with Crippen molar-refractivity contribution in [3.8, 4) is 0 Å². The van der Waals surface area contributed by atoms with Crippen molar-refractivity contribution in [3.63, 3.8) is 0 Å². The molecule has 5 nitrogen and oxygen atoms in total. The summed E-state index contributed by atoms with van der Waals surface area (Å²) in [6.45, 7) is 3.82. The molecule has 1 aromatic rings. The van der Waals surface area contributed by atoms with Gasteiger partial charge in [0.25, 0.3) is 5.91 Å². The van der Waals surface area contributed by atoms with E-state index in [-0.39, 0.29) is 24.2 Å². The van der Waals surface area contributed by atoms with E-state index in [1.807, 2.05) is 29.7 Å². The molecule has 0 saturated carbocycles. The molecule has 0 spiro atoms. The number of benzene rings is 1. The van der Waals surface area contributed by atoms with Crippen molar-refractivity contribution in [1.82, 2.24) is 4.90 Å². The molecule has 7 heteroatoms. The van der Waals surface area contributed by atoms with Gasteiger partial charge in [0.05, 0.1) is 0 Å². The second kappa shape index (κ2) is 9.02. The van der Waals surface area contributed by atoms with Gasteiger partial charge in [-0.05, 0) is 30.7 Å². The average molecular weight is 344 g/mol. The summed E-state index contributed by atoms with van der Waals surface area (Å²) in [5, 5.41) is 2.81. The predicted octanol–water partition coefficient (Wildman–Crippen LogP) is 1.89. The number of thioether (sulfide) groups is 1. The number of aryl methyl sites for hydroxylation is 1. The molecule has 122 valence electrons. The maximum absolute atomic E-state index is 12.4. The summed E-state index contributed by atoms with van der Waals surface area (Å²) in [7, 11) is 0. The standard InChI is InChI=1S/C15H21N3O2S.ClH/c1-11-10-12(15(20)18-6-8-21-9-7-18)2-3-13(11)17-14(19)4-5-16;/h2-3,10H,4-9,16H2,1H3,(H,17,19);1H. The number of carbonyl (C=O) groups excluding carboxylic acids is 2. The van der Waals surface area contributed by atoms with Crippen LogP contribution >= 0.6 is 24.2 Å². The van der Waals surface area contributed by atoms with Gasteiger partial charge < -0.3 is 16.0 Å². The Morgan fingerprint density at radius 2 is 2.00 bits per heavy atom. The molecule has 2 rings (SSSR count). The maximum Gasteiger partial charge on any atom is 0.253 e. The number of nitrogens with two attached hydrogens (primary N) is 1. The van der Waals surface area contributed by atoms with Crippen LogP contribution in [0.1, 0.15) is 22.3 Å². The van der Waals surface area contributed by atoms with E-state index in [4.69, 9.17) is 5.73 Å². The number of carbonyl (C=O) groups is 2. The first-order valence-electron chi connectivity index (χ1n) is 7.09. The SMILES string of the molecule is Cc1cc(C(=O)N2CCSCC2)ccc1NC(=O)CCN.Cl. The van der Waals surface area contributed by atoms with Gasteiger partial charge in [0.1, 0.15) is 0 Å². The Bertz CT molecular complexity index is 534. The normalized spacial score (nSPS) is 14.2. The van der Waals surface area contributed by atoms with E-state index < -0.39 is 0 Å². The van der Waals surface area contributed by atoms with Crippen molar-refractivity contribution in [2.75, 3.05) is 36.5 Å². The highest BCUT2D eigenvalue weighted by atomic mass is 35.5. The number of nitrogens with zero attached hydrogens (tertiary/aromatic N) is 1. The molecule has 1 aliphatic rings. The second-order valence-electron chi connectivity index (χ2n) is 5.02. The van der Waals surface area contributed by atoms with E-state index >= 15 is 0 Å². The molecule has 0 aromatic heterocycles. The molecule has 0 atom stereocenters. The molecular formula is C15H22ClN3O2S. The van der Waals surface area contributed by atoms with Crippen molar-refractivity contribution in [2.24, 2.45) is 5.73 Å². The van der Waals surface area contributed by atoms with Gasteiger partial charge in [-0.1, -0.05) is 0 Å². The first kappa shape index (κ1) is 18.8. The van der Waals surface area contributed by atoms with Crippen LogP contribution < -0.4 is 11.1 Å². The highest BCUT2D eigenvalue weighted by molar-refractivity contribution is 7.99. The molecular weight excluding hydrogens is 322 g/mol. The third kappa shape index (κ3) is 4.90. The van der Waals surface area contributed by atoms with Crippen LogP contribution in [0.4, 0.5) is 5.69 Å². The molecule has 1 fully saturated rings. The molecule has 1 saturated heterocycles. The second-order valence-corrected chi connectivity index (χ2v) is 6.25. The van der Waals surface area contributed by atoms with Crippen LogP contribution in [0.5, 0.6) is 0 Å². The lowest BCUT2D eigenvalue weighted by Crippen LogP contribution is -2.37. The number of anilines is 1. The molecule has 22 heavy (non-hydrogen) atoms. The predicted molar refractivity (Wildman–Crippen MR) is 94.0 cm³/mol. The largest absolute Gasteiger partial charge is 0.337 e.